The lowest BCUT2D eigenvalue weighted by molar-refractivity contribution is -0.0592. The third kappa shape index (κ3) is 1.58. The molecule has 0 radical (unpaired) electrons. The van der Waals surface area contributed by atoms with Crippen LogP contribution in [0.1, 0.15) is 56.1 Å². The molecule has 2 saturated carbocycles. The van der Waals surface area contributed by atoms with E-state index in [-0.39, 0.29) is 5.41 Å². The second-order valence-corrected chi connectivity index (χ2v) is 8.95. The normalized spacial score (nSPS) is 39.9. The lowest BCUT2D eigenvalue weighted by Crippen LogP contribution is -2.64. The maximum atomic E-state index is 10.4. The molecule has 3 aliphatic carbocycles. The molecular formula is C21H27NO2. The van der Waals surface area contributed by atoms with Gasteiger partial charge in [0.15, 0.2) is 11.5 Å². The van der Waals surface area contributed by atoms with Gasteiger partial charge in [-0.2, -0.15) is 0 Å². The van der Waals surface area contributed by atoms with E-state index in [1.165, 1.54) is 69.2 Å². The summed E-state index contributed by atoms with van der Waals surface area (Å²) in [5, 5.41) is 10.4. The van der Waals surface area contributed by atoms with E-state index in [2.05, 4.69) is 11.0 Å². The van der Waals surface area contributed by atoms with Gasteiger partial charge < -0.3 is 9.84 Å². The Hall–Kier alpha value is -1.22. The van der Waals surface area contributed by atoms with Crippen molar-refractivity contribution in [2.45, 2.75) is 68.9 Å². The van der Waals surface area contributed by atoms with E-state index in [1.807, 2.05) is 6.07 Å². The minimum Gasteiger partial charge on any atom is -0.504 e. The zero-order chi connectivity index (χ0) is 15.9. The predicted molar refractivity (Wildman–Crippen MR) is 92.6 cm³/mol. The van der Waals surface area contributed by atoms with Crippen molar-refractivity contribution >= 4 is 0 Å². The molecule has 1 aromatic carbocycles. The van der Waals surface area contributed by atoms with Crippen molar-refractivity contribution < 1.29 is 9.84 Å². The fourth-order valence-electron chi connectivity index (χ4n) is 6.83. The van der Waals surface area contributed by atoms with Crippen LogP contribution >= 0.6 is 0 Å². The van der Waals surface area contributed by atoms with Crippen LogP contribution < -0.4 is 4.74 Å². The van der Waals surface area contributed by atoms with Crippen molar-refractivity contribution in [2.75, 3.05) is 13.1 Å². The Labute approximate surface area is 144 Å². The molecule has 5 aliphatic rings. The van der Waals surface area contributed by atoms with Crippen molar-refractivity contribution in [2.24, 2.45) is 11.8 Å². The fourth-order valence-corrected chi connectivity index (χ4v) is 6.83. The summed E-state index contributed by atoms with van der Waals surface area (Å²) in [4.78, 5) is 2.84. The number of hydrogen-bond donors (Lipinski definition) is 1. The largest absolute Gasteiger partial charge is 0.504 e. The van der Waals surface area contributed by atoms with Gasteiger partial charge in [-0.15, -0.1) is 0 Å². The number of rotatable bonds is 2. The van der Waals surface area contributed by atoms with Gasteiger partial charge in [0.05, 0.1) is 0 Å². The summed E-state index contributed by atoms with van der Waals surface area (Å²) in [5.41, 5.74) is 3.09. The highest BCUT2D eigenvalue weighted by Gasteiger charge is 2.63. The van der Waals surface area contributed by atoms with E-state index < -0.39 is 0 Å². The monoisotopic (exact) mass is 325 g/mol. The van der Waals surface area contributed by atoms with Crippen LogP contribution in [0.2, 0.25) is 0 Å². The molecule has 3 nitrogen and oxygen atoms in total. The summed E-state index contributed by atoms with van der Waals surface area (Å²) in [6, 6.07) is 4.76. The van der Waals surface area contributed by atoms with Gasteiger partial charge in [0, 0.05) is 23.6 Å². The quantitative estimate of drug-likeness (QED) is 0.901. The number of aromatic hydroxyl groups is 1. The Bertz CT molecular complexity index is 697. The van der Waals surface area contributed by atoms with Crippen LogP contribution in [0.4, 0.5) is 0 Å². The molecule has 1 unspecified atom stereocenters. The summed E-state index contributed by atoms with van der Waals surface area (Å²) in [6.45, 7) is 2.55. The molecule has 0 amide bonds. The summed E-state index contributed by atoms with van der Waals surface area (Å²) < 4.78 is 6.39. The third-order valence-electron chi connectivity index (χ3n) is 8.06. The molecule has 6 rings (SSSR count). The van der Waals surface area contributed by atoms with E-state index in [1.54, 1.807) is 0 Å². The Morgan fingerprint density at radius 2 is 2.04 bits per heavy atom. The Kier molecular flexibility index (Phi) is 2.74. The number of hydrogen-bond acceptors (Lipinski definition) is 3. The minimum absolute atomic E-state index is 0.209. The molecule has 128 valence electrons. The fraction of sp³-hybridized carbons (Fsp3) is 0.714. The number of benzene rings is 1. The maximum Gasteiger partial charge on any atom is 0.165 e. The predicted octanol–water partition coefficient (Wildman–Crippen LogP) is 3.62. The van der Waals surface area contributed by atoms with E-state index in [9.17, 15) is 5.11 Å². The van der Waals surface area contributed by atoms with Crippen LogP contribution in [-0.4, -0.2) is 35.2 Å². The van der Waals surface area contributed by atoms with Crippen LogP contribution in [-0.2, 0) is 11.8 Å². The highest BCUT2D eigenvalue weighted by atomic mass is 16.5. The Morgan fingerprint density at radius 3 is 2.88 bits per heavy atom. The SMILES string of the molecule is Oc1ccc2c3c1O[C@H]1CCCC4[C@@H](C2)N(CC2CCC2)CC[C@@]341. The first-order valence-electron chi connectivity index (χ1n) is 10.0. The second-order valence-electron chi connectivity index (χ2n) is 8.95. The zero-order valence-corrected chi connectivity index (χ0v) is 14.3. The first-order chi connectivity index (χ1) is 11.8. The smallest absolute Gasteiger partial charge is 0.165 e. The molecule has 1 spiro atoms. The van der Waals surface area contributed by atoms with Crippen molar-refractivity contribution in [1.29, 1.82) is 0 Å². The van der Waals surface area contributed by atoms with Crippen molar-refractivity contribution in [1.82, 2.24) is 4.90 Å². The molecule has 1 aromatic rings. The molecule has 3 fully saturated rings. The van der Waals surface area contributed by atoms with Gasteiger partial charge in [0.25, 0.3) is 0 Å². The standard InChI is InChI=1S/C21H27NO2/c23-17-8-7-14-11-16-15-5-2-6-18-21(15,19(14)20(17)24-18)9-10-22(16)12-13-3-1-4-13/h7-8,13,15-16,18,23H,1-6,9-12H2/t15?,16-,18+,21-/m1/s1. The lowest BCUT2D eigenvalue weighted by Gasteiger charge is -2.59. The summed E-state index contributed by atoms with van der Waals surface area (Å²) >= 11 is 0. The molecule has 2 heterocycles. The van der Waals surface area contributed by atoms with Crippen LogP contribution in [0.3, 0.4) is 0 Å². The van der Waals surface area contributed by atoms with Gasteiger partial charge in [0.1, 0.15) is 6.10 Å². The van der Waals surface area contributed by atoms with Gasteiger partial charge in [0.2, 0.25) is 0 Å². The van der Waals surface area contributed by atoms with Crippen LogP contribution in [0.15, 0.2) is 12.1 Å². The van der Waals surface area contributed by atoms with Crippen molar-refractivity contribution in [3.63, 3.8) is 0 Å². The van der Waals surface area contributed by atoms with Gasteiger partial charge in [-0.1, -0.05) is 12.5 Å². The average Bonchev–Trinajstić information content (AvgIpc) is 2.88. The van der Waals surface area contributed by atoms with Gasteiger partial charge in [-0.05, 0) is 75.0 Å². The molecular weight excluding hydrogens is 298 g/mol. The van der Waals surface area contributed by atoms with Gasteiger partial charge in [-0.3, -0.25) is 4.90 Å². The topological polar surface area (TPSA) is 32.7 Å². The lowest BCUT2D eigenvalue weighted by atomic mass is 9.52. The second kappa shape index (κ2) is 4.69. The number of phenols is 1. The third-order valence-corrected chi connectivity index (χ3v) is 8.06. The molecule has 2 bridgehead atoms. The first-order valence-corrected chi connectivity index (χ1v) is 10.0. The number of nitrogens with zero attached hydrogens (tertiary/aromatic N) is 1. The number of likely N-dealkylation sites (tertiary alicyclic amines) is 1. The Balaban J connectivity index is 1.47. The minimum atomic E-state index is 0.209. The number of piperidine rings is 1. The average molecular weight is 325 g/mol. The highest BCUT2D eigenvalue weighted by Crippen LogP contribution is 2.63. The summed E-state index contributed by atoms with van der Waals surface area (Å²) in [6.07, 6.45) is 10.8. The zero-order valence-electron chi connectivity index (χ0n) is 14.3. The van der Waals surface area contributed by atoms with Gasteiger partial charge in [-0.25, -0.2) is 0 Å². The van der Waals surface area contributed by atoms with Gasteiger partial charge >= 0.3 is 0 Å². The van der Waals surface area contributed by atoms with E-state index in [0.717, 1.165) is 24.0 Å². The molecule has 1 saturated heterocycles. The van der Waals surface area contributed by atoms with Crippen molar-refractivity contribution in [3.05, 3.63) is 23.3 Å². The van der Waals surface area contributed by atoms with Crippen LogP contribution in [0.5, 0.6) is 11.5 Å². The number of phenolic OH excluding ortho intramolecular Hbond substituents is 1. The molecule has 1 N–H and O–H groups in total. The Morgan fingerprint density at radius 1 is 1.17 bits per heavy atom. The highest BCUT2D eigenvalue weighted by molar-refractivity contribution is 5.60. The van der Waals surface area contributed by atoms with Crippen LogP contribution in [0.25, 0.3) is 0 Å². The summed E-state index contributed by atoms with van der Waals surface area (Å²) in [7, 11) is 0. The van der Waals surface area contributed by atoms with E-state index in [0.29, 0.717) is 17.9 Å². The molecule has 24 heavy (non-hydrogen) atoms. The molecule has 4 atom stereocenters. The molecule has 3 heteroatoms. The summed E-state index contributed by atoms with van der Waals surface area (Å²) in [5.74, 6) is 2.90. The van der Waals surface area contributed by atoms with Crippen LogP contribution in [0, 0.1) is 11.8 Å². The van der Waals surface area contributed by atoms with Crippen molar-refractivity contribution in [3.8, 4) is 11.5 Å². The van der Waals surface area contributed by atoms with E-state index >= 15 is 0 Å². The molecule has 0 aromatic heterocycles. The first kappa shape index (κ1) is 14.0. The number of ether oxygens (including phenoxy) is 1. The molecule has 2 aliphatic heterocycles. The van der Waals surface area contributed by atoms with E-state index in [4.69, 9.17) is 4.74 Å². The maximum absolute atomic E-state index is 10.4.